The minimum absolute atomic E-state index is 0.0109. The molecule has 5 nitrogen and oxygen atoms in total. The van der Waals surface area contributed by atoms with E-state index in [1.165, 1.54) is 18.6 Å². The van der Waals surface area contributed by atoms with Crippen molar-refractivity contribution in [2.75, 3.05) is 17.2 Å². The number of thiophene rings is 1. The van der Waals surface area contributed by atoms with Crippen LogP contribution in [-0.2, 0) is 0 Å². The lowest BCUT2D eigenvalue weighted by molar-refractivity contribution is 0.197. The van der Waals surface area contributed by atoms with Gasteiger partial charge in [0.05, 0.1) is 32.7 Å². The van der Waals surface area contributed by atoms with Gasteiger partial charge in [-0.15, -0.1) is 11.3 Å². The van der Waals surface area contributed by atoms with Crippen molar-refractivity contribution >= 4 is 55.1 Å². The zero-order chi connectivity index (χ0) is 26.0. The number of fused-ring (bicyclic) bond motifs is 1. The quantitative estimate of drug-likeness (QED) is 0.365. The van der Waals surface area contributed by atoms with Crippen LogP contribution in [0.4, 0.5) is 25.2 Å². The molecule has 0 saturated heterocycles. The number of halogens is 3. The highest BCUT2D eigenvalue weighted by molar-refractivity contribution is 7.23. The van der Waals surface area contributed by atoms with E-state index in [9.17, 15) is 9.65 Å². The van der Waals surface area contributed by atoms with Crippen LogP contribution in [0.2, 0.25) is 5.02 Å². The Kier molecular flexibility index (Phi) is 5.89. The second kappa shape index (κ2) is 9.00. The highest BCUT2D eigenvalue weighted by atomic mass is 35.5. The first-order valence-corrected chi connectivity index (χ1v) is 13.7. The Morgan fingerprint density at radius 3 is 2.76 bits per heavy atom. The molecule has 1 saturated carbocycles. The van der Waals surface area contributed by atoms with E-state index in [2.05, 4.69) is 11.5 Å². The van der Waals surface area contributed by atoms with Crippen LogP contribution in [0.5, 0.6) is 5.75 Å². The number of nitrogens with two attached hydrogens (primary N) is 1. The maximum atomic E-state index is 16.6. The van der Waals surface area contributed by atoms with Gasteiger partial charge in [-0.3, -0.25) is 0 Å². The van der Waals surface area contributed by atoms with E-state index in [-0.39, 0.29) is 48.5 Å². The first-order valence-electron chi connectivity index (χ1n) is 12.5. The SMILES string of the molecule is C=C1C(CC)=Nc2c(F)c(-c3ccc(F)c4sc(N)c(C#N)c34)c(Cl)c3c2N1C(C1CCCCC1)CO3. The predicted octanol–water partition coefficient (Wildman–Crippen LogP) is 8.11. The molecule has 1 unspecified atom stereocenters. The second-order valence-corrected chi connectivity index (χ2v) is 11.2. The molecule has 190 valence electrons. The molecule has 37 heavy (non-hydrogen) atoms. The molecule has 6 rings (SSSR count). The van der Waals surface area contributed by atoms with Crippen molar-refractivity contribution in [3.8, 4) is 22.9 Å². The van der Waals surface area contributed by atoms with Crippen molar-refractivity contribution in [2.45, 2.75) is 51.5 Å². The lowest BCUT2D eigenvalue weighted by atomic mass is 9.82. The van der Waals surface area contributed by atoms with Crippen molar-refractivity contribution in [3.05, 3.63) is 46.6 Å². The average Bonchev–Trinajstić information content (AvgIpc) is 3.26. The Morgan fingerprint density at radius 1 is 1.30 bits per heavy atom. The molecule has 3 aliphatic rings. The smallest absolute Gasteiger partial charge is 0.164 e. The maximum Gasteiger partial charge on any atom is 0.164 e. The fourth-order valence-electron chi connectivity index (χ4n) is 6.08. The van der Waals surface area contributed by atoms with Gasteiger partial charge >= 0.3 is 0 Å². The van der Waals surface area contributed by atoms with Crippen molar-refractivity contribution in [1.82, 2.24) is 0 Å². The molecule has 3 heterocycles. The monoisotopic (exact) mass is 538 g/mol. The Balaban J connectivity index is 1.63. The number of nitrogen functional groups attached to an aromatic ring is 1. The molecule has 9 heteroatoms. The highest BCUT2D eigenvalue weighted by Gasteiger charge is 2.43. The molecule has 2 N–H and O–H groups in total. The Hall–Kier alpha value is -3.15. The Labute approximate surface area is 222 Å². The van der Waals surface area contributed by atoms with Gasteiger partial charge in [0.15, 0.2) is 11.6 Å². The van der Waals surface area contributed by atoms with Crippen molar-refractivity contribution in [1.29, 1.82) is 5.26 Å². The molecular weight excluding hydrogens is 514 g/mol. The van der Waals surface area contributed by atoms with Crippen LogP contribution in [0.3, 0.4) is 0 Å². The summed E-state index contributed by atoms with van der Waals surface area (Å²) in [5.41, 5.74) is 8.52. The molecule has 0 amide bonds. The summed E-state index contributed by atoms with van der Waals surface area (Å²) in [5, 5.41) is 10.2. The number of rotatable bonds is 3. The Bertz CT molecular complexity index is 1550. The number of hydrogen-bond donors (Lipinski definition) is 1. The molecule has 1 aromatic heterocycles. The molecule has 2 aromatic carbocycles. The number of nitriles is 1. The number of nitrogens with zero attached hydrogens (tertiary/aromatic N) is 3. The summed E-state index contributed by atoms with van der Waals surface area (Å²) < 4.78 is 37.8. The summed E-state index contributed by atoms with van der Waals surface area (Å²) >= 11 is 7.86. The lowest BCUT2D eigenvalue weighted by Gasteiger charge is -2.46. The fourth-order valence-corrected chi connectivity index (χ4v) is 7.36. The van der Waals surface area contributed by atoms with Gasteiger partial charge in [-0.2, -0.15) is 5.26 Å². The zero-order valence-corrected chi connectivity index (χ0v) is 21.9. The van der Waals surface area contributed by atoms with E-state index in [1.807, 2.05) is 13.0 Å². The van der Waals surface area contributed by atoms with Crippen LogP contribution in [0, 0.1) is 28.9 Å². The highest BCUT2D eigenvalue weighted by Crippen LogP contribution is 2.57. The molecule has 0 spiro atoms. The topological polar surface area (TPSA) is 74.6 Å². The minimum atomic E-state index is -0.637. The first-order chi connectivity index (χ1) is 17.9. The van der Waals surface area contributed by atoms with E-state index >= 15 is 4.39 Å². The summed E-state index contributed by atoms with van der Waals surface area (Å²) in [5.74, 6) is -0.443. The number of aliphatic imine (C=N–C) groups is 1. The standard InChI is InChI=1S/C28H25ClF2N4OS/c1-3-18-13(2)35-19(14-7-5-4-6-8-14)12-36-26-22(29)21(23(31)24(34-18)25(26)35)15-9-10-17(30)27-20(15)16(11-32)28(33)37-27/h9-10,14,19H,2-8,12,33H2,1H3. The van der Waals surface area contributed by atoms with Gasteiger partial charge in [-0.1, -0.05) is 50.4 Å². The summed E-state index contributed by atoms with van der Waals surface area (Å²) in [6, 6.07) is 4.73. The third kappa shape index (κ3) is 3.48. The number of benzene rings is 2. The van der Waals surface area contributed by atoms with Crippen LogP contribution in [0.25, 0.3) is 21.2 Å². The fraction of sp³-hybridized carbons (Fsp3) is 0.357. The third-order valence-corrected chi connectivity index (χ3v) is 9.24. The van der Waals surface area contributed by atoms with Gasteiger partial charge in [0, 0.05) is 10.9 Å². The van der Waals surface area contributed by atoms with E-state index in [1.54, 1.807) is 0 Å². The number of hydrogen-bond acceptors (Lipinski definition) is 6. The van der Waals surface area contributed by atoms with Gasteiger partial charge in [0.1, 0.15) is 34.9 Å². The molecule has 3 aromatic rings. The van der Waals surface area contributed by atoms with Crippen LogP contribution in [0.15, 0.2) is 29.4 Å². The van der Waals surface area contributed by atoms with E-state index in [0.717, 1.165) is 42.7 Å². The first kappa shape index (κ1) is 24.2. The second-order valence-electron chi connectivity index (χ2n) is 9.79. The molecule has 1 fully saturated rings. The minimum Gasteiger partial charge on any atom is -0.488 e. The normalized spacial score (nSPS) is 19.4. The predicted molar refractivity (Wildman–Crippen MR) is 146 cm³/mol. The lowest BCUT2D eigenvalue weighted by Crippen LogP contribution is -2.49. The summed E-state index contributed by atoms with van der Waals surface area (Å²) in [4.78, 5) is 6.79. The van der Waals surface area contributed by atoms with Gasteiger partial charge in [-0.25, -0.2) is 13.8 Å². The molecule has 1 atom stereocenters. The van der Waals surface area contributed by atoms with Crippen LogP contribution < -0.4 is 15.4 Å². The van der Waals surface area contributed by atoms with Crippen LogP contribution in [-0.4, -0.2) is 18.4 Å². The largest absolute Gasteiger partial charge is 0.488 e. The van der Waals surface area contributed by atoms with E-state index in [0.29, 0.717) is 36.1 Å². The zero-order valence-electron chi connectivity index (χ0n) is 20.3. The van der Waals surface area contributed by atoms with Crippen molar-refractivity contribution < 1.29 is 13.5 Å². The molecule has 0 radical (unpaired) electrons. The number of allylic oxidation sites excluding steroid dienone is 1. The molecule has 1 aliphatic carbocycles. The third-order valence-electron chi connectivity index (χ3n) is 7.86. The van der Waals surface area contributed by atoms with Crippen molar-refractivity contribution in [2.24, 2.45) is 10.9 Å². The average molecular weight is 539 g/mol. The number of anilines is 2. The number of ether oxygens (including phenoxy) is 1. The summed E-state index contributed by atoms with van der Waals surface area (Å²) in [6.45, 7) is 6.70. The summed E-state index contributed by atoms with van der Waals surface area (Å²) in [7, 11) is 0. The van der Waals surface area contributed by atoms with Gasteiger partial charge in [-0.05, 0) is 36.8 Å². The van der Waals surface area contributed by atoms with Gasteiger partial charge in [0.25, 0.3) is 0 Å². The molecule has 0 bridgehead atoms. The summed E-state index contributed by atoms with van der Waals surface area (Å²) in [6.07, 6.45) is 6.30. The van der Waals surface area contributed by atoms with Crippen LogP contribution >= 0.6 is 22.9 Å². The van der Waals surface area contributed by atoms with Crippen LogP contribution in [0.1, 0.15) is 51.0 Å². The van der Waals surface area contributed by atoms with E-state index in [4.69, 9.17) is 27.1 Å². The maximum absolute atomic E-state index is 16.6. The van der Waals surface area contributed by atoms with Gasteiger partial charge in [0.2, 0.25) is 0 Å². The Morgan fingerprint density at radius 2 is 2.05 bits per heavy atom. The molecule has 2 aliphatic heterocycles. The molecular formula is C28H25ClF2N4OS. The van der Waals surface area contributed by atoms with E-state index < -0.39 is 11.6 Å². The van der Waals surface area contributed by atoms with Gasteiger partial charge < -0.3 is 15.4 Å². The van der Waals surface area contributed by atoms with Crippen molar-refractivity contribution in [3.63, 3.8) is 0 Å².